The quantitative estimate of drug-likeness (QED) is 0.457. The van der Waals surface area contributed by atoms with Gasteiger partial charge in [-0.3, -0.25) is 9.69 Å². The fourth-order valence-corrected chi connectivity index (χ4v) is 8.89. The number of nitrogens with one attached hydrogen (secondary N) is 1. The lowest BCUT2D eigenvalue weighted by Gasteiger charge is -2.40. The number of carbonyl (C=O) groups excluding carboxylic acids is 1. The summed E-state index contributed by atoms with van der Waals surface area (Å²) in [5.41, 5.74) is 0. The Morgan fingerprint density at radius 2 is 1.77 bits per heavy atom. The van der Waals surface area contributed by atoms with Gasteiger partial charge in [0.15, 0.2) is 0 Å². The van der Waals surface area contributed by atoms with Gasteiger partial charge in [0, 0.05) is 54.5 Å². The fourth-order valence-electron chi connectivity index (χ4n) is 6.87. The third-order valence-corrected chi connectivity index (χ3v) is 11.5. The number of thiophene rings is 1. The van der Waals surface area contributed by atoms with E-state index >= 15 is 0 Å². The number of rotatable bonds is 9. The molecule has 3 atom stereocenters. The van der Waals surface area contributed by atoms with Crippen LogP contribution < -0.4 is 5.32 Å². The Morgan fingerprint density at radius 3 is 2.33 bits per heavy atom. The molecule has 5 rings (SSSR count). The summed E-state index contributed by atoms with van der Waals surface area (Å²) < 4.78 is 28.3. The SMILES string of the molecule is Cc1nnc(C(C)C)n1C1CC2CCC(C1)N2CC[C@H](NC(=O)C1CCN(S(C)(=O)=O)CC1)c1ccc(Cl)s1. The van der Waals surface area contributed by atoms with Gasteiger partial charge in [-0.25, -0.2) is 12.7 Å². The molecule has 9 nitrogen and oxygen atoms in total. The zero-order chi connectivity index (χ0) is 27.9. The summed E-state index contributed by atoms with van der Waals surface area (Å²) in [5.74, 6) is 2.29. The maximum absolute atomic E-state index is 13.3. The number of amides is 1. The number of aryl methyl sites for hydroxylation is 1. The van der Waals surface area contributed by atoms with Gasteiger partial charge in [-0.2, -0.15) is 0 Å². The zero-order valence-electron chi connectivity index (χ0n) is 23.3. The van der Waals surface area contributed by atoms with Crippen LogP contribution in [0.25, 0.3) is 0 Å². The minimum Gasteiger partial charge on any atom is -0.348 e. The Bertz CT molecular complexity index is 1260. The van der Waals surface area contributed by atoms with Crippen LogP contribution in [-0.4, -0.2) is 76.3 Å². The van der Waals surface area contributed by atoms with Crippen molar-refractivity contribution in [2.45, 2.75) is 95.8 Å². The summed E-state index contributed by atoms with van der Waals surface area (Å²) in [4.78, 5) is 17.0. The summed E-state index contributed by atoms with van der Waals surface area (Å²) >= 11 is 7.81. The normalized spacial score (nSPS) is 25.8. The molecule has 3 aliphatic rings. The van der Waals surface area contributed by atoms with Gasteiger partial charge >= 0.3 is 0 Å². The molecule has 1 N–H and O–H groups in total. The average Bonchev–Trinajstić information content (AvgIpc) is 3.56. The highest BCUT2D eigenvalue weighted by Gasteiger charge is 2.42. The molecule has 0 spiro atoms. The van der Waals surface area contributed by atoms with Gasteiger partial charge in [0.25, 0.3) is 0 Å². The van der Waals surface area contributed by atoms with E-state index in [9.17, 15) is 13.2 Å². The van der Waals surface area contributed by atoms with E-state index in [4.69, 9.17) is 11.6 Å². The van der Waals surface area contributed by atoms with Gasteiger partial charge in [0.1, 0.15) is 11.6 Å². The molecule has 3 saturated heterocycles. The molecule has 2 aromatic rings. The van der Waals surface area contributed by atoms with E-state index in [0.717, 1.165) is 46.7 Å². The zero-order valence-corrected chi connectivity index (χ0v) is 25.7. The van der Waals surface area contributed by atoms with Crippen LogP contribution in [0.3, 0.4) is 0 Å². The van der Waals surface area contributed by atoms with E-state index < -0.39 is 10.0 Å². The lowest BCUT2D eigenvalue weighted by atomic mass is 9.95. The summed E-state index contributed by atoms with van der Waals surface area (Å²) in [7, 11) is -3.22. The van der Waals surface area contributed by atoms with Gasteiger partial charge < -0.3 is 9.88 Å². The Hall–Kier alpha value is -1.53. The average molecular weight is 597 g/mol. The molecule has 2 unspecified atom stereocenters. The number of halogens is 1. The molecular weight excluding hydrogens is 556 g/mol. The lowest BCUT2D eigenvalue weighted by Crippen LogP contribution is -2.46. The number of hydrogen-bond acceptors (Lipinski definition) is 7. The van der Waals surface area contributed by atoms with Crippen molar-refractivity contribution in [3.05, 3.63) is 33.0 Å². The van der Waals surface area contributed by atoms with Crippen LogP contribution in [0.1, 0.15) is 93.3 Å². The summed E-state index contributed by atoms with van der Waals surface area (Å²) in [6.45, 7) is 8.16. The number of piperidine rings is 2. The predicted octanol–water partition coefficient (Wildman–Crippen LogP) is 4.51. The number of hydrogen-bond donors (Lipinski definition) is 1. The first kappa shape index (κ1) is 29.0. The largest absolute Gasteiger partial charge is 0.348 e. The first-order chi connectivity index (χ1) is 18.5. The molecule has 216 valence electrons. The van der Waals surface area contributed by atoms with Crippen molar-refractivity contribution in [3.63, 3.8) is 0 Å². The number of aromatic nitrogens is 3. The minimum atomic E-state index is -3.22. The Labute approximate surface area is 241 Å². The highest BCUT2D eigenvalue weighted by molar-refractivity contribution is 7.88. The van der Waals surface area contributed by atoms with Gasteiger partial charge in [0.2, 0.25) is 15.9 Å². The van der Waals surface area contributed by atoms with Crippen molar-refractivity contribution in [3.8, 4) is 0 Å². The van der Waals surface area contributed by atoms with Crippen molar-refractivity contribution in [2.75, 3.05) is 25.9 Å². The van der Waals surface area contributed by atoms with Crippen molar-refractivity contribution in [2.24, 2.45) is 5.92 Å². The first-order valence-corrected chi connectivity index (χ1v) is 17.2. The second-order valence-electron chi connectivity index (χ2n) is 11.8. The van der Waals surface area contributed by atoms with Gasteiger partial charge in [-0.05, 0) is 64.0 Å². The molecule has 12 heteroatoms. The van der Waals surface area contributed by atoms with Crippen molar-refractivity contribution < 1.29 is 13.2 Å². The second-order valence-corrected chi connectivity index (χ2v) is 15.5. The predicted molar refractivity (Wildman–Crippen MR) is 155 cm³/mol. The molecule has 2 aromatic heterocycles. The molecule has 0 saturated carbocycles. The Kier molecular flexibility index (Phi) is 8.74. The number of fused-ring (bicyclic) bond motifs is 2. The van der Waals surface area contributed by atoms with Crippen molar-refractivity contribution >= 4 is 38.9 Å². The molecule has 39 heavy (non-hydrogen) atoms. The first-order valence-electron chi connectivity index (χ1n) is 14.2. The smallest absolute Gasteiger partial charge is 0.223 e. The van der Waals surface area contributed by atoms with Crippen molar-refractivity contribution in [1.82, 2.24) is 29.3 Å². The van der Waals surface area contributed by atoms with Crippen LogP contribution in [-0.2, 0) is 14.8 Å². The monoisotopic (exact) mass is 596 g/mol. The molecule has 0 radical (unpaired) electrons. The molecule has 3 aliphatic heterocycles. The van der Waals surface area contributed by atoms with Gasteiger partial charge in [-0.1, -0.05) is 25.4 Å². The summed E-state index contributed by atoms with van der Waals surface area (Å²) in [6, 6.07) is 5.31. The topological polar surface area (TPSA) is 100 Å². The number of sulfonamides is 1. The maximum atomic E-state index is 13.3. The Morgan fingerprint density at radius 1 is 1.10 bits per heavy atom. The Balaban J connectivity index is 1.23. The molecule has 2 bridgehead atoms. The van der Waals surface area contributed by atoms with Crippen LogP contribution in [0, 0.1) is 12.8 Å². The van der Waals surface area contributed by atoms with Crippen LogP contribution in [0.15, 0.2) is 12.1 Å². The van der Waals surface area contributed by atoms with E-state index in [2.05, 4.69) is 45.8 Å². The van der Waals surface area contributed by atoms with E-state index in [1.807, 2.05) is 12.1 Å². The molecule has 3 fully saturated rings. The van der Waals surface area contributed by atoms with Crippen LogP contribution in [0.5, 0.6) is 0 Å². The standard InChI is InChI=1S/C27H41ClN6O3S2/c1-17(2)26-31-30-18(3)34(26)22-15-20-5-6-21(16-22)33(20)14-11-23(24-7-8-25(28)38-24)29-27(35)19-9-12-32(13-10-19)39(4,36)37/h7-8,17,19-23H,5-6,9-16H2,1-4H3,(H,29,35)/t20?,21?,22?,23-/m0/s1. The maximum Gasteiger partial charge on any atom is 0.223 e. The highest BCUT2D eigenvalue weighted by atomic mass is 35.5. The van der Waals surface area contributed by atoms with E-state index in [1.54, 1.807) is 0 Å². The third-order valence-electron chi connectivity index (χ3n) is 8.86. The second kappa shape index (κ2) is 11.8. The molecule has 0 aliphatic carbocycles. The van der Waals surface area contributed by atoms with E-state index in [-0.39, 0.29) is 17.9 Å². The number of nitrogens with zero attached hydrogens (tertiary/aromatic N) is 5. The van der Waals surface area contributed by atoms with Crippen LogP contribution in [0.4, 0.5) is 0 Å². The van der Waals surface area contributed by atoms with E-state index in [0.29, 0.717) is 50.0 Å². The lowest BCUT2D eigenvalue weighted by molar-refractivity contribution is -0.127. The van der Waals surface area contributed by atoms with E-state index in [1.165, 1.54) is 34.7 Å². The molecule has 0 aromatic carbocycles. The number of carbonyl (C=O) groups is 1. The minimum absolute atomic E-state index is 0.0173. The summed E-state index contributed by atoms with van der Waals surface area (Å²) in [6.07, 6.45) is 7.79. The van der Waals surface area contributed by atoms with Crippen molar-refractivity contribution in [1.29, 1.82) is 0 Å². The van der Waals surface area contributed by atoms with Crippen LogP contribution in [0.2, 0.25) is 4.34 Å². The fraction of sp³-hybridized carbons (Fsp3) is 0.741. The third kappa shape index (κ3) is 6.37. The molecule has 1 amide bonds. The molecular formula is C27H41ClN6O3S2. The van der Waals surface area contributed by atoms with Gasteiger partial charge in [0.05, 0.1) is 16.6 Å². The van der Waals surface area contributed by atoms with Gasteiger partial charge in [-0.15, -0.1) is 21.5 Å². The van der Waals surface area contributed by atoms with Crippen LogP contribution >= 0.6 is 22.9 Å². The summed E-state index contributed by atoms with van der Waals surface area (Å²) in [5, 5.41) is 12.2. The highest BCUT2D eigenvalue weighted by Crippen LogP contribution is 2.42. The molecule has 5 heterocycles.